The van der Waals surface area contributed by atoms with Crippen LogP contribution in [0.4, 0.5) is 5.69 Å². The second-order valence-electron chi connectivity index (χ2n) is 5.52. The predicted molar refractivity (Wildman–Crippen MR) is 97.6 cm³/mol. The number of hydrogen-bond acceptors (Lipinski definition) is 3. The lowest BCUT2D eigenvalue weighted by Gasteiger charge is -2.03. The maximum atomic E-state index is 12.4. The summed E-state index contributed by atoms with van der Waals surface area (Å²) in [5, 5.41) is 6.72. The van der Waals surface area contributed by atoms with Gasteiger partial charge in [-0.2, -0.15) is 0 Å². The fourth-order valence-electron chi connectivity index (χ4n) is 2.59. The lowest BCUT2D eigenvalue weighted by atomic mass is 10.2. The lowest BCUT2D eigenvalue weighted by Crippen LogP contribution is -2.12. The van der Waals surface area contributed by atoms with Gasteiger partial charge in [-0.1, -0.05) is 30.3 Å². The Kier molecular flexibility index (Phi) is 3.84. The van der Waals surface area contributed by atoms with Crippen LogP contribution < -0.4 is 5.32 Å². The molecule has 2 N–H and O–H groups in total. The maximum Gasteiger partial charge on any atom is 0.275 e. The number of nitrogens with zero attached hydrogens (tertiary/aromatic N) is 1. The van der Waals surface area contributed by atoms with E-state index in [4.69, 9.17) is 0 Å². The van der Waals surface area contributed by atoms with Crippen LogP contribution in [0, 0.1) is 0 Å². The molecular formula is C19H15N3OS. The van der Waals surface area contributed by atoms with E-state index in [2.05, 4.69) is 27.4 Å². The molecule has 0 aliphatic heterocycles. The van der Waals surface area contributed by atoms with Crippen LogP contribution in [0.3, 0.4) is 0 Å². The summed E-state index contributed by atoms with van der Waals surface area (Å²) in [6.07, 6.45) is 2.63. The van der Waals surface area contributed by atoms with E-state index in [1.54, 1.807) is 0 Å². The van der Waals surface area contributed by atoms with Gasteiger partial charge in [-0.3, -0.25) is 4.79 Å². The van der Waals surface area contributed by atoms with Gasteiger partial charge >= 0.3 is 0 Å². The largest absolute Gasteiger partial charge is 0.361 e. The third kappa shape index (κ3) is 3.07. The van der Waals surface area contributed by atoms with Gasteiger partial charge in [-0.05, 0) is 29.8 Å². The van der Waals surface area contributed by atoms with E-state index in [0.29, 0.717) is 5.69 Å². The minimum Gasteiger partial charge on any atom is -0.361 e. The number of benzene rings is 2. The molecule has 2 aromatic carbocycles. The molecule has 4 aromatic rings. The monoisotopic (exact) mass is 333 g/mol. The minimum absolute atomic E-state index is 0.180. The van der Waals surface area contributed by atoms with Gasteiger partial charge in [0.1, 0.15) is 5.69 Å². The van der Waals surface area contributed by atoms with Crippen LogP contribution in [-0.2, 0) is 6.42 Å². The zero-order valence-corrected chi connectivity index (χ0v) is 13.6. The fraction of sp³-hybridized carbons (Fsp3) is 0.0526. The van der Waals surface area contributed by atoms with Gasteiger partial charge in [-0.15, -0.1) is 11.3 Å². The predicted octanol–water partition coefficient (Wildman–Crippen LogP) is 4.47. The van der Waals surface area contributed by atoms with Crippen LogP contribution >= 0.6 is 11.3 Å². The first-order valence-corrected chi connectivity index (χ1v) is 8.53. The number of carbonyl (C=O) groups excluding carboxylic acids is 1. The summed E-state index contributed by atoms with van der Waals surface area (Å²) in [5.74, 6) is -0.180. The van der Waals surface area contributed by atoms with Crippen LogP contribution in [-0.4, -0.2) is 15.9 Å². The Bertz CT molecular complexity index is 988. The normalized spacial score (nSPS) is 10.8. The Hall–Kier alpha value is -2.92. The molecule has 24 heavy (non-hydrogen) atoms. The number of carbonyl (C=O) groups is 1. The van der Waals surface area contributed by atoms with E-state index in [1.807, 2.05) is 54.0 Å². The standard InChI is InChI=1S/C19H15N3OS/c23-19(21-15-6-7-16-14(11-15)8-9-20-16)17-12-24-18(22-17)10-13-4-2-1-3-5-13/h1-9,11-12,20H,10H2,(H,21,23). The van der Waals surface area contributed by atoms with Gasteiger partial charge < -0.3 is 10.3 Å². The molecule has 0 spiro atoms. The quantitative estimate of drug-likeness (QED) is 0.579. The summed E-state index contributed by atoms with van der Waals surface area (Å²) in [5.41, 5.74) is 3.47. The Labute approximate surface area is 143 Å². The SMILES string of the molecule is O=C(Nc1ccc2[nH]ccc2c1)c1csc(Cc2ccccc2)n1. The van der Waals surface area contributed by atoms with E-state index in [1.165, 1.54) is 16.9 Å². The van der Waals surface area contributed by atoms with Crippen molar-refractivity contribution in [3.63, 3.8) is 0 Å². The lowest BCUT2D eigenvalue weighted by molar-refractivity contribution is 0.102. The van der Waals surface area contributed by atoms with Gasteiger partial charge in [0.15, 0.2) is 0 Å². The van der Waals surface area contributed by atoms with Crippen molar-refractivity contribution in [1.82, 2.24) is 9.97 Å². The Balaban J connectivity index is 1.48. The molecule has 1 amide bonds. The molecule has 118 valence electrons. The highest BCUT2D eigenvalue weighted by atomic mass is 32.1. The molecule has 0 atom stereocenters. The molecule has 5 heteroatoms. The third-order valence-electron chi connectivity index (χ3n) is 3.79. The van der Waals surface area contributed by atoms with Crippen molar-refractivity contribution < 1.29 is 4.79 Å². The summed E-state index contributed by atoms with van der Waals surface area (Å²) in [4.78, 5) is 20.0. The molecule has 0 radical (unpaired) electrons. The van der Waals surface area contributed by atoms with Gasteiger partial charge in [0, 0.05) is 34.6 Å². The van der Waals surface area contributed by atoms with E-state index in [9.17, 15) is 4.79 Å². The molecular weight excluding hydrogens is 318 g/mol. The Morgan fingerprint density at radius 3 is 2.88 bits per heavy atom. The number of thiazole rings is 1. The second-order valence-corrected chi connectivity index (χ2v) is 6.47. The highest BCUT2D eigenvalue weighted by Crippen LogP contribution is 2.19. The number of hydrogen-bond donors (Lipinski definition) is 2. The smallest absolute Gasteiger partial charge is 0.275 e. The summed E-state index contributed by atoms with van der Waals surface area (Å²) in [6, 6.07) is 17.9. The highest BCUT2D eigenvalue weighted by molar-refractivity contribution is 7.09. The van der Waals surface area contributed by atoms with Gasteiger partial charge in [0.2, 0.25) is 0 Å². The number of aromatic nitrogens is 2. The fourth-order valence-corrected chi connectivity index (χ4v) is 3.40. The molecule has 4 rings (SSSR count). The van der Waals surface area contributed by atoms with Crippen LogP contribution in [0.15, 0.2) is 66.2 Å². The van der Waals surface area contributed by atoms with E-state index >= 15 is 0 Å². The van der Waals surface area contributed by atoms with Crippen molar-refractivity contribution >= 4 is 33.8 Å². The summed E-state index contributed by atoms with van der Waals surface area (Å²) in [7, 11) is 0. The van der Waals surface area contributed by atoms with Crippen LogP contribution in [0.5, 0.6) is 0 Å². The highest BCUT2D eigenvalue weighted by Gasteiger charge is 2.11. The molecule has 4 nitrogen and oxygen atoms in total. The number of anilines is 1. The maximum absolute atomic E-state index is 12.4. The summed E-state index contributed by atoms with van der Waals surface area (Å²) >= 11 is 1.51. The summed E-state index contributed by atoms with van der Waals surface area (Å²) < 4.78 is 0. The molecule has 0 saturated carbocycles. The van der Waals surface area contributed by atoms with Crippen molar-refractivity contribution in [1.29, 1.82) is 0 Å². The number of amides is 1. The van der Waals surface area contributed by atoms with Crippen molar-refractivity contribution in [2.24, 2.45) is 0 Å². The van der Waals surface area contributed by atoms with Crippen LogP contribution in [0.1, 0.15) is 21.1 Å². The number of H-pyrrole nitrogens is 1. The van der Waals surface area contributed by atoms with Crippen LogP contribution in [0.25, 0.3) is 10.9 Å². The molecule has 2 aromatic heterocycles. The first-order chi connectivity index (χ1) is 11.8. The molecule has 0 unspecified atom stereocenters. The van der Waals surface area contributed by atoms with Crippen molar-refractivity contribution in [3.05, 3.63) is 82.4 Å². The van der Waals surface area contributed by atoms with Gasteiger partial charge in [0.25, 0.3) is 5.91 Å². The van der Waals surface area contributed by atoms with Crippen LogP contribution in [0.2, 0.25) is 0 Å². The summed E-state index contributed by atoms with van der Waals surface area (Å²) in [6.45, 7) is 0. The number of nitrogens with one attached hydrogen (secondary N) is 2. The first-order valence-electron chi connectivity index (χ1n) is 7.65. The zero-order chi connectivity index (χ0) is 16.4. The van der Waals surface area contributed by atoms with Crippen molar-refractivity contribution in [2.75, 3.05) is 5.32 Å². The van der Waals surface area contributed by atoms with Gasteiger partial charge in [-0.25, -0.2) is 4.98 Å². The molecule has 0 saturated heterocycles. The molecule has 0 aliphatic rings. The molecule has 2 heterocycles. The van der Waals surface area contributed by atoms with Crippen molar-refractivity contribution in [2.45, 2.75) is 6.42 Å². The van der Waals surface area contributed by atoms with Gasteiger partial charge in [0.05, 0.1) is 5.01 Å². The molecule has 0 bridgehead atoms. The molecule has 0 aliphatic carbocycles. The topological polar surface area (TPSA) is 57.8 Å². The van der Waals surface area contributed by atoms with E-state index < -0.39 is 0 Å². The molecule has 0 fully saturated rings. The number of aromatic amines is 1. The Morgan fingerprint density at radius 2 is 2.00 bits per heavy atom. The number of fused-ring (bicyclic) bond motifs is 1. The average molecular weight is 333 g/mol. The Morgan fingerprint density at radius 1 is 1.12 bits per heavy atom. The third-order valence-corrected chi connectivity index (χ3v) is 4.64. The minimum atomic E-state index is -0.180. The zero-order valence-electron chi connectivity index (χ0n) is 12.8. The van der Waals surface area contributed by atoms with E-state index in [0.717, 1.165) is 28.0 Å². The number of rotatable bonds is 4. The van der Waals surface area contributed by atoms with Crippen molar-refractivity contribution in [3.8, 4) is 0 Å². The second kappa shape index (κ2) is 6.29. The average Bonchev–Trinajstić information content (AvgIpc) is 3.24. The first kappa shape index (κ1) is 14.7. The van der Waals surface area contributed by atoms with E-state index in [-0.39, 0.29) is 5.91 Å².